The number of halogens is 1. The Balaban J connectivity index is 0.00000364. The van der Waals surface area contributed by atoms with Crippen molar-refractivity contribution < 1.29 is 13.2 Å². The van der Waals surface area contributed by atoms with E-state index in [1.54, 1.807) is 18.2 Å². The number of carbonyl (C=O) groups excluding carboxylic acids is 1. The Morgan fingerprint density at radius 1 is 1.33 bits per heavy atom. The minimum atomic E-state index is -3.51. The highest BCUT2D eigenvalue weighted by Gasteiger charge is 2.19. The number of carbonyl (C=O) groups is 1. The second kappa shape index (κ2) is 8.55. The minimum absolute atomic E-state index is 0. The maximum absolute atomic E-state index is 12.3. The standard InChI is InChI=1S/C17H27N5O3S.ClH/c1-17(2,18)11-19-16(23)9-8-15-20-13-10-12(26(24,25)21(3)4)6-7-14(13)22(15)5;/h6-7,10H,8-9,11,18H2,1-5H3,(H,19,23);1H. The molecule has 2 rings (SSSR count). The summed E-state index contributed by atoms with van der Waals surface area (Å²) < 4.78 is 27.6. The van der Waals surface area contributed by atoms with Crippen molar-refractivity contribution in [1.82, 2.24) is 19.2 Å². The SMILES string of the molecule is CN(C)S(=O)(=O)c1ccc2c(c1)nc(CCC(=O)NCC(C)(C)N)n2C.Cl. The molecule has 1 amide bonds. The second-order valence-electron chi connectivity index (χ2n) is 7.29. The molecule has 0 saturated heterocycles. The molecule has 152 valence electrons. The van der Waals surface area contributed by atoms with Gasteiger partial charge in [-0.05, 0) is 32.0 Å². The lowest BCUT2D eigenvalue weighted by Crippen LogP contribution is -2.45. The Bertz CT molecular complexity index is 917. The van der Waals surface area contributed by atoms with Gasteiger partial charge in [0.2, 0.25) is 15.9 Å². The normalized spacial score (nSPS) is 12.3. The fourth-order valence-electron chi connectivity index (χ4n) is 2.46. The number of nitrogens with zero attached hydrogens (tertiary/aromatic N) is 3. The molecule has 8 nitrogen and oxygen atoms in total. The van der Waals surface area contributed by atoms with E-state index in [2.05, 4.69) is 10.3 Å². The quantitative estimate of drug-likeness (QED) is 0.699. The highest BCUT2D eigenvalue weighted by Crippen LogP contribution is 2.21. The molecule has 0 spiro atoms. The van der Waals surface area contributed by atoms with Gasteiger partial charge in [-0.2, -0.15) is 0 Å². The highest BCUT2D eigenvalue weighted by atomic mass is 35.5. The predicted octanol–water partition coefficient (Wildman–Crippen LogP) is 1.03. The summed E-state index contributed by atoms with van der Waals surface area (Å²) in [5, 5.41) is 2.80. The van der Waals surface area contributed by atoms with E-state index >= 15 is 0 Å². The molecule has 1 heterocycles. The van der Waals surface area contributed by atoms with Crippen LogP contribution in [0.5, 0.6) is 0 Å². The van der Waals surface area contributed by atoms with Gasteiger partial charge in [0.15, 0.2) is 0 Å². The third-order valence-electron chi connectivity index (χ3n) is 4.04. The van der Waals surface area contributed by atoms with Crippen molar-refractivity contribution >= 4 is 39.4 Å². The monoisotopic (exact) mass is 417 g/mol. The van der Waals surface area contributed by atoms with Crippen LogP contribution in [0.3, 0.4) is 0 Å². The molecule has 10 heteroatoms. The summed E-state index contributed by atoms with van der Waals surface area (Å²) in [5.41, 5.74) is 6.81. The zero-order chi connectivity index (χ0) is 19.7. The molecule has 0 aliphatic heterocycles. The number of rotatable bonds is 7. The summed E-state index contributed by atoms with van der Waals surface area (Å²) in [7, 11) is 1.32. The Labute approximate surface area is 166 Å². The third kappa shape index (κ3) is 5.65. The highest BCUT2D eigenvalue weighted by molar-refractivity contribution is 7.89. The Kier molecular flexibility index (Phi) is 7.40. The molecule has 27 heavy (non-hydrogen) atoms. The number of nitrogens with one attached hydrogen (secondary N) is 1. The third-order valence-corrected chi connectivity index (χ3v) is 5.85. The number of sulfonamides is 1. The van der Waals surface area contributed by atoms with Crippen molar-refractivity contribution in [2.24, 2.45) is 12.8 Å². The minimum Gasteiger partial charge on any atom is -0.354 e. The summed E-state index contributed by atoms with van der Waals surface area (Å²) in [4.78, 5) is 16.7. The molecule has 1 aromatic carbocycles. The molecular formula is C17H28ClN5O3S. The van der Waals surface area contributed by atoms with E-state index in [0.29, 0.717) is 18.5 Å². The average molecular weight is 418 g/mol. The van der Waals surface area contributed by atoms with Crippen LogP contribution < -0.4 is 11.1 Å². The lowest BCUT2D eigenvalue weighted by Gasteiger charge is -2.18. The molecule has 0 bridgehead atoms. The zero-order valence-corrected chi connectivity index (χ0v) is 17.9. The Morgan fingerprint density at radius 2 is 1.96 bits per heavy atom. The van der Waals surface area contributed by atoms with Crippen molar-refractivity contribution in [2.45, 2.75) is 37.1 Å². The molecule has 0 aliphatic rings. The molecule has 0 atom stereocenters. The first-order valence-corrected chi connectivity index (χ1v) is 9.79. The first kappa shape index (κ1) is 23.4. The number of hydrogen-bond acceptors (Lipinski definition) is 5. The maximum Gasteiger partial charge on any atom is 0.242 e. The first-order valence-electron chi connectivity index (χ1n) is 8.35. The van der Waals surface area contributed by atoms with Gasteiger partial charge in [-0.15, -0.1) is 12.4 Å². The number of amides is 1. The van der Waals surface area contributed by atoms with E-state index in [1.165, 1.54) is 18.4 Å². The van der Waals surface area contributed by atoms with Crippen molar-refractivity contribution in [3.8, 4) is 0 Å². The van der Waals surface area contributed by atoms with Crippen LogP contribution in [-0.2, 0) is 28.3 Å². The zero-order valence-electron chi connectivity index (χ0n) is 16.3. The summed E-state index contributed by atoms with van der Waals surface area (Å²) in [6, 6.07) is 4.86. The topological polar surface area (TPSA) is 110 Å². The predicted molar refractivity (Wildman–Crippen MR) is 108 cm³/mol. The Hall–Kier alpha value is -1.68. The maximum atomic E-state index is 12.3. The summed E-state index contributed by atoms with van der Waals surface area (Å²) >= 11 is 0. The van der Waals surface area contributed by atoms with E-state index in [0.717, 1.165) is 11.3 Å². The lowest BCUT2D eigenvalue weighted by atomic mass is 10.1. The largest absolute Gasteiger partial charge is 0.354 e. The van der Waals surface area contributed by atoms with Gasteiger partial charge in [0.1, 0.15) is 5.82 Å². The molecule has 0 saturated carbocycles. The fourth-order valence-corrected chi connectivity index (χ4v) is 3.39. The van der Waals surface area contributed by atoms with E-state index in [4.69, 9.17) is 5.73 Å². The van der Waals surface area contributed by atoms with Crippen LogP contribution >= 0.6 is 12.4 Å². The molecular weight excluding hydrogens is 390 g/mol. The van der Waals surface area contributed by atoms with E-state index in [1.807, 2.05) is 25.5 Å². The second-order valence-corrected chi connectivity index (χ2v) is 9.44. The first-order chi connectivity index (χ1) is 11.9. The van der Waals surface area contributed by atoms with Gasteiger partial charge in [0.25, 0.3) is 0 Å². The van der Waals surface area contributed by atoms with Crippen molar-refractivity contribution in [1.29, 1.82) is 0 Å². The van der Waals surface area contributed by atoms with Crippen molar-refractivity contribution in [2.75, 3.05) is 20.6 Å². The van der Waals surface area contributed by atoms with E-state index in [-0.39, 0.29) is 29.6 Å². The van der Waals surface area contributed by atoms with Crippen molar-refractivity contribution in [3.05, 3.63) is 24.0 Å². The number of fused-ring (bicyclic) bond motifs is 1. The lowest BCUT2D eigenvalue weighted by molar-refractivity contribution is -0.121. The van der Waals surface area contributed by atoms with Gasteiger partial charge in [0, 0.05) is 46.1 Å². The smallest absolute Gasteiger partial charge is 0.242 e. The Morgan fingerprint density at radius 3 is 2.52 bits per heavy atom. The van der Waals surface area contributed by atoms with Gasteiger partial charge in [0.05, 0.1) is 15.9 Å². The van der Waals surface area contributed by atoms with Crippen LogP contribution in [0.15, 0.2) is 23.1 Å². The van der Waals surface area contributed by atoms with E-state index in [9.17, 15) is 13.2 Å². The molecule has 0 unspecified atom stereocenters. The van der Waals surface area contributed by atoms with Gasteiger partial charge in [-0.3, -0.25) is 4.79 Å². The molecule has 0 radical (unpaired) electrons. The number of nitrogens with two attached hydrogens (primary N) is 1. The molecule has 1 aromatic heterocycles. The number of hydrogen-bond donors (Lipinski definition) is 2. The fraction of sp³-hybridized carbons (Fsp3) is 0.529. The van der Waals surface area contributed by atoms with Crippen LogP contribution in [0.25, 0.3) is 11.0 Å². The van der Waals surface area contributed by atoms with Gasteiger partial charge in [-0.1, -0.05) is 0 Å². The number of aryl methyl sites for hydroxylation is 2. The number of benzene rings is 1. The van der Waals surface area contributed by atoms with Crippen LogP contribution in [0, 0.1) is 0 Å². The van der Waals surface area contributed by atoms with Gasteiger partial charge < -0.3 is 15.6 Å². The van der Waals surface area contributed by atoms with Crippen molar-refractivity contribution in [3.63, 3.8) is 0 Å². The van der Waals surface area contributed by atoms with Gasteiger partial charge in [-0.25, -0.2) is 17.7 Å². The van der Waals surface area contributed by atoms with Crippen LogP contribution in [-0.4, -0.2) is 54.4 Å². The van der Waals surface area contributed by atoms with E-state index < -0.39 is 15.6 Å². The number of aromatic nitrogens is 2. The van der Waals surface area contributed by atoms with Crippen LogP contribution in [0.1, 0.15) is 26.1 Å². The molecule has 0 aliphatic carbocycles. The number of imidazole rings is 1. The molecule has 0 fully saturated rings. The summed E-state index contributed by atoms with van der Waals surface area (Å²) in [6.07, 6.45) is 0.744. The van der Waals surface area contributed by atoms with Crippen LogP contribution in [0.4, 0.5) is 0 Å². The summed E-state index contributed by atoms with van der Waals surface area (Å²) in [5.74, 6) is 0.632. The molecule has 2 aromatic rings. The molecule has 3 N–H and O–H groups in total. The van der Waals surface area contributed by atoms with Gasteiger partial charge >= 0.3 is 0 Å². The summed E-state index contributed by atoms with van der Waals surface area (Å²) in [6.45, 7) is 4.09. The van der Waals surface area contributed by atoms with Crippen LogP contribution in [0.2, 0.25) is 0 Å². The average Bonchev–Trinajstić information content (AvgIpc) is 2.85.